The molecule has 16 heavy (non-hydrogen) atoms. The molecule has 2 aromatic heterocycles. The molecule has 82 valence electrons. The van der Waals surface area contributed by atoms with Crippen molar-refractivity contribution in [2.45, 2.75) is 13.5 Å². The van der Waals surface area contributed by atoms with Crippen LogP contribution in [0.4, 0.5) is 5.69 Å². The monoisotopic (exact) mass is 234 g/mol. The number of aryl methyl sites for hydroxylation is 1. The third kappa shape index (κ3) is 2.67. The van der Waals surface area contributed by atoms with Gasteiger partial charge in [0.05, 0.1) is 22.9 Å². The van der Waals surface area contributed by atoms with E-state index >= 15 is 0 Å². The van der Waals surface area contributed by atoms with E-state index in [1.54, 1.807) is 18.7 Å². The molecule has 0 atom stereocenters. The summed E-state index contributed by atoms with van der Waals surface area (Å²) in [6.07, 6.45) is 4.86. The van der Waals surface area contributed by atoms with Crippen LogP contribution in [0.1, 0.15) is 11.4 Å². The lowest BCUT2D eigenvalue weighted by molar-refractivity contribution is 0.982. The molecule has 0 aromatic carbocycles. The smallest absolute Gasteiger partial charge is 0.115 e. The van der Waals surface area contributed by atoms with Gasteiger partial charge in [-0.05, 0) is 19.1 Å². The van der Waals surface area contributed by atoms with Crippen LogP contribution in [0.3, 0.4) is 0 Å². The van der Waals surface area contributed by atoms with Gasteiger partial charge in [-0.25, -0.2) is 9.97 Å². The molecule has 0 radical (unpaired) electrons. The summed E-state index contributed by atoms with van der Waals surface area (Å²) in [5.41, 5.74) is 2.74. The molecule has 0 unspecified atom stereocenters. The number of rotatable bonds is 3. The molecule has 0 fully saturated rings. The van der Waals surface area contributed by atoms with Gasteiger partial charge in [-0.15, -0.1) is 0 Å². The predicted octanol–water partition coefficient (Wildman–Crippen LogP) is 2.45. The Morgan fingerprint density at radius 2 is 2.25 bits per heavy atom. The van der Waals surface area contributed by atoms with Gasteiger partial charge >= 0.3 is 0 Å². The summed E-state index contributed by atoms with van der Waals surface area (Å²) in [6.45, 7) is 2.55. The lowest BCUT2D eigenvalue weighted by Crippen LogP contribution is -2.03. The molecule has 2 aromatic rings. The van der Waals surface area contributed by atoms with Crippen LogP contribution in [-0.4, -0.2) is 15.0 Å². The van der Waals surface area contributed by atoms with Crippen LogP contribution in [0, 0.1) is 6.92 Å². The Morgan fingerprint density at radius 3 is 3.00 bits per heavy atom. The second-order valence-corrected chi connectivity index (χ2v) is 3.77. The van der Waals surface area contributed by atoms with Gasteiger partial charge in [0.1, 0.15) is 6.33 Å². The molecule has 0 bridgehead atoms. The summed E-state index contributed by atoms with van der Waals surface area (Å²) >= 11 is 5.96. The third-order valence-electron chi connectivity index (χ3n) is 2.09. The van der Waals surface area contributed by atoms with E-state index in [2.05, 4.69) is 20.3 Å². The summed E-state index contributed by atoms with van der Waals surface area (Å²) in [5, 5.41) is 3.80. The third-order valence-corrected chi connectivity index (χ3v) is 2.39. The first-order valence-corrected chi connectivity index (χ1v) is 5.24. The van der Waals surface area contributed by atoms with Crippen molar-refractivity contribution in [3.05, 3.63) is 47.3 Å². The zero-order valence-electron chi connectivity index (χ0n) is 8.81. The highest BCUT2D eigenvalue weighted by Crippen LogP contribution is 2.19. The Morgan fingerprint density at radius 1 is 1.38 bits per heavy atom. The Hall–Kier alpha value is -1.68. The average Bonchev–Trinajstić information content (AvgIpc) is 2.28. The van der Waals surface area contributed by atoms with Gasteiger partial charge in [0.25, 0.3) is 0 Å². The minimum Gasteiger partial charge on any atom is -0.378 e. The summed E-state index contributed by atoms with van der Waals surface area (Å²) < 4.78 is 0. The van der Waals surface area contributed by atoms with Gasteiger partial charge in [-0.1, -0.05) is 11.6 Å². The topological polar surface area (TPSA) is 50.7 Å². The molecule has 0 aliphatic rings. The summed E-state index contributed by atoms with van der Waals surface area (Å²) in [6, 6.07) is 3.76. The van der Waals surface area contributed by atoms with Crippen LogP contribution in [0.5, 0.6) is 0 Å². The molecule has 0 amide bonds. The number of hydrogen-bond donors (Lipinski definition) is 1. The SMILES string of the molecule is Cc1cc(CNc2ccncc2Cl)ncn1. The molecule has 0 aliphatic heterocycles. The average molecular weight is 235 g/mol. The quantitative estimate of drug-likeness (QED) is 0.886. The van der Waals surface area contributed by atoms with E-state index in [0.29, 0.717) is 11.6 Å². The van der Waals surface area contributed by atoms with Crippen LogP contribution in [-0.2, 0) is 6.54 Å². The highest BCUT2D eigenvalue weighted by atomic mass is 35.5. The van der Waals surface area contributed by atoms with Gasteiger partial charge in [-0.3, -0.25) is 4.98 Å². The minimum absolute atomic E-state index is 0.605. The van der Waals surface area contributed by atoms with Crippen molar-refractivity contribution < 1.29 is 0 Å². The van der Waals surface area contributed by atoms with Crippen LogP contribution in [0.25, 0.3) is 0 Å². The maximum atomic E-state index is 5.96. The molecule has 4 nitrogen and oxygen atoms in total. The predicted molar refractivity (Wildman–Crippen MR) is 63.3 cm³/mol. The largest absolute Gasteiger partial charge is 0.378 e. The number of hydrogen-bond acceptors (Lipinski definition) is 4. The van der Waals surface area contributed by atoms with Crippen molar-refractivity contribution in [2.75, 3.05) is 5.32 Å². The van der Waals surface area contributed by atoms with Crippen molar-refractivity contribution in [1.29, 1.82) is 0 Å². The molecule has 2 heterocycles. The van der Waals surface area contributed by atoms with E-state index < -0.39 is 0 Å². The molecule has 0 spiro atoms. The molecule has 5 heteroatoms. The summed E-state index contributed by atoms with van der Waals surface area (Å²) in [5.74, 6) is 0. The number of pyridine rings is 1. The minimum atomic E-state index is 0.605. The first-order valence-electron chi connectivity index (χ1n) is 4.86. The van der Waals surface area contributed by atoms with E-state index in [0.717, 1.165) is 17.1 Å². The highest BCUT2D eigenvalue weighted by molar-refractivity contribution is 6.33. The fraction of sp³-hybridized carbons (Fsp3) is 0.182. The zero-order chi connectivity index (χ0) is 11.4. The van der Waals surface area contributed by atoms with E-state index in [1.165, 1.54) is 0 Å². The summed E-state index contributed by atoms with van der Waals surface area (Å²) in [4.78, 5) is 12.1. The first kappa shape index (κ1) is 10.8. The van der Waals surface area contributed by atoms with E-state index in [4.69, 9.17) is 11.6 Å². The Labute approximate surface area is 98.7 Å². The van der Waals surface area contributed by atoms with Crippen molar-refractivity contribution in [2.24, 2.45) is 0 Å². The van der Waals surface area contributed by atoms with E-state index in [-0.39, 0.29) is 0 Å². The van der Waals surface area contributed by atoms with Gasteiger partial charge in [0.15, 0.2) is 0 Å². The van der Waals surface area contributed by atoms with E-state index in [9.17, 15) is 0 Å². The van der Waals surface area contributed by atoms with Crippen molar-refractivity contribution in [3.63, 3.8) is 0 Å². The Kier molecular flexibility index (Phi) is 3.31. The van der Waals surface area contributed by atoms with Crippen molar-refractivity contribution in [3.8, 4) is 0 Å². The molecular formula is C11H11ClN4. The van der Waals surface area contributed by atoms with Gasteiger partial charge < -0.3 is 5.32 Å². The van der Waals surface area contributed by atoms with Crippen molar-refractivity contribution >= 4 is 17.3 Å². The molecule has 0 aliphatic carbocycles. The van der Waals surface area contributed by atoms with Gasteiger partial charge in [0.2, 0.25) is 0 Å². The fourth-order valence-corrected chi connectivity index (χ4v) is 1.50. The number of halogens is 1. The maximum absolute atomic E-state index is 5.96. The first-order chi connectivity index (χ1) is 7.75. The maximum Gasteiger partial charge on any atom is 0.115 e. The Balaban J connectivity index is 2.05. The number of nitrogens with zero attached hydrogens (tertiary/aromatic N) is 3. The van der Waals surface area contributed by atoms with Crippen LogP contribution in [0.2, 0.25) is 5.02 Å². The van der Waals surface area contributed by atoms with Gasteiger partial charge in [-0.2, -0.15) is 0 Å². The van der Waals surface area contributed by atoms with Gasteiger partial charge in [0, 0.05) is 18.1 Å². The fourth-order valence-electron chi connectivity index (χ4n) is 1.31. The zero-order valence-corrected chi connectivity index (χ0v) is 9.57. The Bertz CT molecular complexity index is 487. The second-order valence-electron chi connectivity index (χ2n) is 3.36. The van der Waals surface area contributed by atoms with Crippen LogP contribution < -0.4 is 5.32 Å². The standard InChI is InChI=1S/C11H11ClN4/c1-8-4-9(16-7-15-8)5-14-11-2-3-13-6-10(11)12/h2-4,6-7H,5H2,1H3,(H,13,14). The van der Waals surface area contributed by atoms with Crippen LogP contribution in [0.15, 0.2) is 30.9 Å². The molecule has 0 saturated heterocycles. The number of nitrogens with one attached hydrogen (secondary N) is 1. The summed E-state index contributed by atoms with van der Waals surface area (Å²) in [7, 11) is 0. The molecule has 0 saturated carbocycles. The lowest BCUT2D eigenvalue weighted by atomic mass is 10.3. The van der Waals surface area contributed by atoms with Crippen molar-refractivity contribution in [1.82, 2.24) is 15.0 Å². The lowest BCUT2D eigenvalue weighted by Gasteiger charge is -2.07. The number of anilines is 1. The molecule has 2 rings (SSSR count). The van der Waals surface area contributed by atoms with E-state index in [1.807, 2.05) is 19.1 Å². The molecular weight excluding hydrogens is 224 g/mol. The van der Waals surface area contributed by atoms with Crippen LogP contribution >= 0.6 is 11.6 Å². The normalized spacial score (nSPS) is 10.1. The highest BCUT2D eigenvalue weighted by Gasteiger charge is 2.00. The number of aromatic nitrogens is 3. The molecule has 1 N–H and O–H groups in total. The second kappa shape index (κ2) is 4.90.